The third-order valence-corrected chi connectivity index (χ3v) is 5.94. The Bertz CT molecular complexity index is 1350. The van der Waals surface area contributed by atoms with Gasteiger partial charge in [0.05, 0.1) is 26.9 Å². The second-order valence-electron chi connectivity index (χ2n) is 5.86. The van der Waals surface area contributed by atoms with Crippen LogP contribution in [0.25, 0.3) is 5.69 Å². The molecule has 0 bridgehead atoms. The summed E-state index contributed by atoms with van der Waals surface area (Å²) in [5.41, 5.74) is 1.81. The van der Waals surface area contributed by atoms with Crippen molar-refractivity contribution in [2.24, 2.45) is 10.2 Å². The summed E-state index contributed by atoms with van der Waals surface area (Å²) < 4.78 is 64.2. The molecule has 0 saturated heterocycles. The van der Waals surface area contributed by atoms with E-state index in [1.54, 1.807) is 6.92 Å². The second-order valence-corrected chi connectivity index (χ2v) is 9.09. The number of rotatable bonds is 5. The Kier molecular flexibility index (Phi) is 5.51. The minimum atomic E-state index is -4.30. The van der Waals surface area contributed by atoms with Crippen LogP contribution in [0, 0.1) is 11.6 Å². The SMILES string of the molecule is Cc1[nH]n(-c2ccc(S(=O)(=O)O)cc2)c(=S)c1N=Nc1ccc(S(=O)(=O)O)cc1. The third kappa shape index (κ3) is 4.65. The van der Waals surface area contributed by atoms with E-state index in [1.165, 1.54) is 53.2 Å². The first-order chi connectivity index (χ1) is 13.5. The van der Waals surface area contributed by atoms with Crippen molar-refractivity contribution in [2.45, 2.75) is 16.7 Å². The Morgan fingerprint density at radius 2 is 1.34 bits per heavy atom. The topological polar surface area (TPSA) is 154 Å². The molecule has 0 aliphatic rings. The van der Waals surface area contributed by atoms with Crippen molar-refractivity contribution in [3.63, 3.8) is 0 Å². The van der Waals surface area contributed by atoms with E-state index in [0.29, 0.717) is 22.8 Å². The number of hydrogen-bond donors (Lipinski definition) is 3. The summed E-state index contributed by atoms with van der Waals surface area (Å²) in [6.45, 7) is 1.72. The van der Waals surface area contributed by atoms with E-state index in [-0.39, 0.29) is 14.4 Å². The number of H-pyrrole nitrogens is 1. The lowest BCUT2D eigenvalue weighted by Crippen LogP contribution is -2.00. The molecule has 1 aromatic heterocycles. The Morgan fingerprint density at radius 1 is 0.862 bits per heavy atom. The molecule has 2 aromatic carbocycles. The quantitative estimate of drug-likeness (QED) is 0.301. The highest BCUT2D eigenvalue weighted by atomic mass is 32.2. The number of aryl methyl sites for hydroxylation is 1. The number of nitrogens with zero attached hydrogens (tertiary/aromatic N) is 3. The maximum atomic E-state index is 11.1. The summed E-state index contributed by atoms with van der Waals surface area (Å²) in [6, 6.07) is 10.5. The standard InChI is InChI=1S/C16H14N4O6S3/c1-10-15(18-17-11-2-6-13(7-3-11)28(21,22)23)16(27)20(19-10)12-4-8-14(9-5-12)29(24,25)26/h2-9,19H,1H3,(H,21,22,23)(H,24,25,26). The predicted octanol–water partition coefficient (Wildman–Crippen LogP) is 3.75. The van der Waals surface area contributed by atoms with Gasteiger partial charge in [0.25, 0.3) is 20.2 Å². The van der Waals surface area contributed by atoms with Gasteiger partial charge in [0, 0.05) is 0 Å². The van der Waals surface area contributed by atoms with Crippen LogP contribution < -0.4 is 0 Å². The van der Waals surface area contributed by atoms with Crippen molar-refractivity contribution in [3.8, 4) is 5.69 Å². The van der Waals surface area contributed by atoms with E-state index in [4.69, 9.17) is 21.3 Å². The zero-order valence-electron chi connectivity index (χ0n) is 14.7. The molecule has 0 radical (unpaired) electrons. The molecule has 0 amide bonds. The second kappa shape index (κ2) is 7.61. The lowest BCUT2D eigenvalue weighted by molar-refractivity contribution is 0.481. The van der Waals surface area contributed by atoms with Gasteiger partial charge in [-0.2, -0.15) is 21.9 Å². The zero-order chi connectivity index (χ0) is 21.4. The maximum Gasteiger partial charge on any atom is 0.294 e. The Labute approximate surface area is 171 Å². The molecular formula is C16H14N4O6S3. The molecule has 0 fully saturated rings. The molecule has 29 heavy (non-hydrogen) atoms. The summed E-state index contributed by atoms with van der Waals surface area (Å²) in [4.78, 5) is -0.506. The van der Waals surface area contributed by atoms with Crippen LogP contribution in [-0.2, 0) is 20.2 Å². The van der Waals surface area contributed by atoms with Gasteiger partial charge in [0.1, 0.15) is 5.69 Å². The molecular weight excluding hydrogens is 440 g/mol. The van der Waals surface area contributed by atoms with Gasteiger partial charge in [0.2, 0.25) is 0 Å². The molecule has 0 atom stereocenters. The van der Waals surface area contributed by atoms with Gasteiger partial charge in [-0.1, -0.05) is 12.2 Å². The van der Waals surface area contributed by atoms with Gasteiger partial charge in [-0.25, -0.2) is 4.68 Å². The molecule has 152 valence electrons. The number of nitrogens with one attached hydrogen (secondary N) is 1. The number of benzene rings is 2. The lowest BCUT2D eigenvalue weighted by Gasteiger charge is -2.03. The molecule has 3 rings (SSSR count). The fraction of sp³-hybridized carbons (Fsp3) is 0.0625. The largest absolute Gasteiger partial charge is 0.295 e. The van der Waals surface area contributed by atoms with Crippen LogP contribution in [-0.4, -0.2) is 35.7 Å². The zero-order valence-corrected chi connectivity index (χ0v) is 17.2. The van der Waals surface area contributed by atoms with Gasteiger partial charge >= 0.3 is 0 Å². The highest BCUT2D eigenvalue weighted by molar-refractivity contribution is 7.86. The first-order valence-corrected chi connectivity index (χ1v) is 11.1. The van der Waals surface area contributed by atoms with E-state index in [9.17, 15) is 16.8 Å². The van der Waals surface area contributed by atoms with Crippen LogP contribution in [0.15, 0.2) is 68.6 Å². The average Bonchev–Trinajstić information content (AvgIpc) is 2.93. The van der Waals surface area contributed by atoms with Crippen molar-refractivity contribution >= 4 is 43.8 Å². The van der Waals surface area contributed by atoms with Gasteiger partial charge in [-0.05, 0) is 55.5 Å². The third-order valence-electron chi connectivity index (χ3n) is 3.83. The van der Waals surface area contributed by atoms with Crippen molar-refractivity contribution in [1.29, 1.82) is 0 Å². The molecule has 0 unspecified atom stereocenters. The first kappa shape index (κ1) is 21.0. The van der Waals surface area contributed by atoms with E-state index >= 15 is 0 Å². The molecule has 3 N–H and O–H groups in total. The van der Waals surface area contributed by atoms with Crippen LogP contribution >= 0.6 is 12.2 Å². The van der Waals surface area contributed by atoms with E-state index in [0.717, 1.165) is 0 Å². The van der Waals surface area contributed by atoms with E-state index in [2.05, 4.69) is 15.3 Å². The van der Waals surface area contributed by atoms with Gasteiger partial charge in [-0.3, -0.25) is 14.2 Å². The number of aromatic amines is 1. The summed E-state index contributed by atoms with van der Waals surface area (Å²) in [7, 11) is -8.59. The number of azo groups is 1. The Hall–Kier alpha value is -2.71. The lowest BCUT2D eigenvalue weighted by atomic mass is 10.3. The summed E-state index contributed by atoms with van der Waals surface area (Å²) >= 11 is 5.38. The van der Waals surface area contributed by atoms with Gasteiger partial charge < -0.3 is 0 Å². The molecule has 0 aliphatic heterocycles. The number of hydrogen-bond acceptors (Lipinski definition) is 7. The summed E-state index contributed by atoms with van der Waals surface area (Å²) in [6.07, 6.45) is 0. The molecule has 0 spiro atoms. The molecule has 0 saturated carbocycles. The van der Waals surface area contributed by atoms with Crippen molar-refractivity contribution in [3.05, 3.63) is 58.9 Å². The summed E-state index contributed by atoms with van der Waals surface area (Å²) in [5, 5.41) is 11.1. The highest BCUT2D eigenvalue weighted by Gasteiger charge is 2.12. The normalized spacial score (nSPS) is 12.5. The van der Waals surface area contributed by atoms with E-state index in [1.807, 2.05) is 0 Å². The van der Waals surface area contributed by atoms with Crippen LogP contribution in [0.1, 0.15) is 5.69 Å². The molecule has 1 heterocycles. The average molecular weight is 455 g/mol. The summed E-state index contributed by atoms with van der Waals surface area (Å²) in [5.74, 6) is 0. The molecule has 13 heteroatoms. The van der Waals surface area contributed by atoms with Crippen LogP contribution in [0.2, 0.25) is 0 Å². The molecule has 10 nitrogen and oxygen atoms in total. The Morgan fingerprint density at radius 3 is 1.83 bits per heavy atom. The molecule has 3 aromatic rings. The van der Waals surface area contributed by atoms with Crippen LogP contribution in [0.5, 0.6) is 0 Å². The van der Waals surface area contributed by atoms with Crippen LogP contribution in [0.4, 0.5) is 11.4 Å². The first-order valence-electron chi connectivity index (χ1n) is 7.85. The maximum absolute atomic E-state index is 11.1. The minimum absolute atomic E-state index is 0.246. The van der Waals surface area contributed by atoms with Crippen molar-refractivity contribution < 1.29 is 25.9 Å². The fourth-order valence-corrected chi connectivity index (χ4v) is 3.70. The van der Waals surface area contributed by atoms with E-state index < -0.39 is 20.2 Å². The minimum Gasteiger partial charge on any atom is -0.295 e. The highest BCUT2D eigenvalue weighted by Crippen LogP contribution is 2.26. The monoisotopic (exact) mass is 454 g/mol. The van der Waals surface area contributed by atoms with Gasteiger partial charge in [-0.15, -0.1) is 5.11 Å². The van der Waals surface area contributed by atoms with Crippen LogP contribution in [0.3, 0.4) is 0 Å². The van der Waals surface area contributed by atoms with Crippen molar-refractivity contribution in [1.82, 2.24) is 9.78 Å². The Balaban J connectivity index is 1.92. The van der Waals surface area contributed by atoms with Crippen molar-refractivity contribution in [2.75, 3.05) is 0 Å². The van der Waals surface area contributed by atoms with Gasteiger partial charge in [0.15, 0.2) is 4.64 Å². The smallest absolute Gasteiger partial charge is 0.294 e. The fourth-order valence-electron chi connectivity index (χ4n) is 2.40. The molecule has 0 aliphatic carbocycles. The predicted molar refractivity (Wildman–Crippen MR) is 106 cm³/mol. The number of aromatic nitrogens is 2.